The number of hydrogen-bond donors (Lipinski definition) is 2. The third kappa shape index (κ3) is 4.07. The number of fused-ring (bicyclic) bond motifs is 1. The lowest BCUT2D eigenvalue weighted by atomic mass is 10.2. The van der Waals surface area contributed by atoms with E-state index in [9.17, 15) is 19.2 Å². The maximum Gasteiger partial charge on any atom is 0.375 e. The zero-order valence-corrected chi connectivity index (χ0v) is 14.8. The van der Waals surface area contributed by atoms with Crippen LogP contribution in [0, 0.1) is 0 Å². The number of nitrogens with two attached hydrogens (primary N) is 1. The van der Waals surface area contributed by atoms with Crippen LogP contribution in [0.2, 0.25) is 0 Å². The van der Waals surface area contributed by atoms with E-state index >= 15 is 0 Å². The summed E-state index contributed by atoms with van der Waals surface area (Å²) in [6.45, 7) is 1.38. The maximum atomic E-state index is 12.2. The van der Waals surface area contributed by atoms with Crippen molar-refractivity contribution >= 4 is 34.4 Å². The van der Waals surface area contributed by atoms with Crippen LogP contribution in [-0.4, -0.2) is 23.9 Å². The van der Waals surface area contributed by atoms with E-state index in [0.717, 1.165) is 6.07 Å². The lowest BCUT2D eigenvalue weighted by Gasteiger charge is -2.13. The molecule has 142 valence electrons. The SMILES string of the molecule is C[C@@H](OC(=O)c1cc(=O)c2ccccc2o1)C(=O)Nc1ccc(C(N)=O)cc1. The highest BCUT2D eigenvalue weighted by atomic mass is 16.6. The van der Waals surface area contributed by atoms with Crippen LogP contribution >= 0.6 is 0 Å². The predicted molar refractivity (Wildman–Crippen MR) is 101 cm³/mol. The number of primary amides is 1. The Kier molecular flexibility index (Phi) is 5.21. The minimum absolute atomic E-state index is 0.244. The summed E-state index contributed by atoms with van der Waals surface area (Å²) in [6, 6.07) is 13.4. The van der Waals surface area contributed by atoms with Gasteiger partial charge < -0.3 is 20.2 Å². The second-order valence-electron chi connectivity index (χ2n) is 5.95. The van der Waals surface area contributed by atoms with E-state index in [1.807, 2.05) is 0 Å². The van der Waals surface area contributed by atoms with Gasteiger partial charge in [0.1, 0.15) is 5.58 Å². The quantitative estimate of drug-likeness (QED) is 0.652. The molecule has 1 heterocycles. The highest BCUT2D eigenvalue weighted by Crippen LogP contribution is 2.14. The highest BCUT2D eigenvalue weighted by molar-refractivity contribution is 5.98. The fraction of sp³-hybridized carbons (Fsp3) is 0.100. The fourth-order valence-corrected chi connectivity index (χ4v) is 2.44. The van der Waals surface area contributed by atoms with Gasteiger partial charge in [-0.15, -0.1) is 0 Å². The number of anilines is 1. The van der Waals surface area contributed by atoms with Crippen molar-refractivity contribution in [3.8, 4) is 0 Å². The zero-order valence-electron chi connectivity index (χ0n) is 14.8. The molecule has 0 aliphatic carbocycles. The summed E-state index contributed by atoms with van der Waals surface area (Å²) in [5, 5.41) is 2.88. The molecule has 0 bridgehead atoms. The van der Waals surface area contributed by atoms with Crippen LogP contribution in [0.25, 0.3) is 11.0 Å². The Morgan fingerprint density at radius 3 is 2.43 bits per heavy atom. The summed E-state index contributed by atoms with van der Waals surface area (Å²) in [7, 11) is 0. The predicted octanol–water partition coefficient (Wildman–Crippen LogP) is 2.08. The number of rotatable bonds is 5. The molecule has 1 aromatic heterocycles. The Balaban J connectivity index is 1.69. The molecule has 0 aliphatic heterocycles. The lowest BCUT2D eigenvalue weighted by molar-refractivity contribution is -0.123. The van der Waals surface area contributed by atoms with Crippen LogP contribution < -0.4 is 16.5 Å². The van der Waals surface area contributed by atoms with Crippen molar-refractivity contribution in [2.75, 3.05) is 5.32 Å². The van der Waals surface area contributed by atoms with Crippen LogP contribution in [0.1, 0.15) is 27.8 Å². The topological polar surface area (TPSA) is 129 Å². The first kappa shape index (κ1) is 18.8. The van der Waals surface area contributed by atoms with Gasteiger partial charge in [-0.2, -0.15) is 0 Å². The number of ether oxygens (including phenoxy) is 1. The monoisotopic (exact) mass is 380 g/mol. The van der Waals surface area contributed by atoms with Gasteiger partial charge in [0.2, 0.25) is 11.7 Å². The average Bonchev–Trinajstić information content (AvgIpc) is 2.68. The molecule has 0 saturated carbocycles. The smallest absolute Gasteiger partial charge is 0.375 e. The Morgan fingerprint density at radius 1 is 1.07 bits per heavy atom. The Hall–Kier alpha value is -3.94. The first-order chi connectivity index (χ1) is 13.3. The van der Waals surface area contributed by atoms with Gasteiger partial charge in [0, 0.05) is 17.3 Å². The third-order valence-corrected chi connectivity index (χ3v) is 3.93. The first-order valence-corrected chi connectivity index (χ1v) is 8.30. The molecule has 0 fully saturated rings. The molecule has 0 aliphatic rings. The Morgan fingerprint density at radius 2 is 1.75 bits per heavy atom. The maximum absolute atomic E-state index is 12.2. The average molecular weight is 380 g/mol. The van der Waals surface area contributed by atoms with Crippen molar-refractivity contribution in [3.63, 3.8) is 0 Å². The minimum atomic E-state index is -1.15. The third-order valence-electron chi connectivity index (χ3n) is 3.93. The Bertz CT molecular complexity index is 1120. The normalized spacial score (nSPS) is 11.6. The van der Waals surface area contributed by atoms with E-state index in [1.54, 1.807) is 24.3 Å². The van der Waals surface area contributed by atoms with Crippen molar-refractivity contribution in [3.05, 3.63) is 76.1 Å². The largest absolute Gasteiger partial charge is 0.449 e. The van der Waals surface area contributed by atoms with Gasteiger partial charge in [0.05, 0.1) is 5.39 Å². The van der Waals surface area contributed by atoms with Crippen LogP contribution in [0.15, 0.2) is 63.8 Å². The standard InChI is InChI=1S/C20H16N2O6/c1-11(19(25)22-13-8-6-12(7-9-13)18(21)24)27-20(26)17-10-15(23)14-4-2-3-5-16(14)28-17/h2-11H,1H3,(H2,21,24)(H,22,25)/t11-/m1/s1. The number of para-hydroxylation sites is 1. The van der Waals surface area contributed by atoms with Gasteiger partial charge in [0.25, 0.3) is 5.91 Å². The van der Waals surface area contributed by atoms with E-state index in [4.69, 9.17) is 14.9 Å². The van der Waals surface area contributed by atoms with Gasteiger partial charge in [-0.1, -0.05) is 12.1 Å². The van der Waals surface area contributed by atoms with Crippen molar-refractivity contribution in [2.24, 2.45) is 5.73 Å². The molecule has 3 N–H and O–H groups in total. The summed E-state index contributed by atoms with van der Waals surface area (Å²) in [5.41, 5.74) is 5.70. The van der Waals surface area contributed by atoms with Crippen molar-refractivity contribution in [1.82, 2.24) is 0 Å². The van der Waals surface area contributed by atoms with Crippen LogP contribution in [-0.2, 0) is 9.53 Å². The van der Waals surface area contributed by atoms with Crippen molar-refractivity contribution < 1.29 is 23.5 Å². The molecule has 2 aromatic carbocycles. The van der Waals surface area contributed by atoms with E-state index in [0.29, 0.717) is 16.6 Å². The number of hydrogen-bond acceptors (Lipinski definition) is 6. The molecular formula is C20H16N2O6. The molecule has 0 radical (unpaired) electrons. The summed E-state index contributed by atoms with van der Waals surface area (Å²) < 4.78 is 10.5. The number of amides is 2. The number of esters is 1. The number of carbonyl (C=O) groups excluding carboxylic acids is 3. The zero-order chi connectivity index (χ0) is 20.3. The van der Waals surface area contributed by atoms with Gasteiger partial charge in [0.15, 0.2) is 11.5 Å². The second-order valence-corrected chi connectivity index (χ2v) is 5.95. The van der Waals surface area contributed by atoms with Crippen LogP contribution in [0.4, 0.5) is 5.69 Å². The summed E-state index contributed by atoms with van der Waals surface area (Å²) in [6.07, 6.45) is -1.15. The van der Waals surface area contributed by atoms with Gasteiger partial charge in [-0.25, -0.2) is 4.79 Å². The van der Waals surface area contributed by atoms with E-state index in [1.165, 1.54) is 31.2 Å². The van der Waals surface area contributed by atoms with Gasteiger partial charge >= 0.3 is 5.97 Å². The van der Waals surface area contributed by atoms with Crippen LogP contribution in [0.3, 0.4) is 0 Å². The van der Waals surface area contributed by atoms with Gasteiger partial charge in [-0.05, 0) is 43.3 Å². The summed E-state index contributed by atoms with van der Waals surface area (Å²) in [4.78, 5) is 47.6. The van der Waals surface area contributed by atoms with E-state index < -0.39 is 23.9 Å². The molecule has 3 rings (SSSR count). The number of benzene rings is 2. The molecule has 8 heteroatoms. The highest BCUT2D eigenvalue weighted by Gasteiger charge is 2.21. The molecule has 2 amide bonds. The first-order valence-electron chi connectivity index (χ1n) is 8.30. The summed E-state index contributed by atoms with van der Waals surface area (Å²) in [5.74, 6) is -2.41. The lowest BCUT2D eigenvalue weighted by Crippen LogP contribution is -2.30. The summed E-state index contributed by atoms with van der Waals surface area (Å²) >= 11 is 0. The molecular weight excluding hydrogens is 364 g/mol. The molecule has 3 aromatic rings. The molecule has 28 heavy (non-hydrogen) atoms. The molecule has 1 atom stereocenters. The van der Waals surface area contributed by atoms with E-state index in [-0.39, 0.29) is 16.8 Å². The van der Waals surface area contributed by atoms with E-state index in [2.05, 4.69) is 5.32 Å². The molecule has 0 spiro atoms. The molecule has 8 nitrogen and oxygen atoms in total. The number of nitrogens with one attached hydrogen (secondary N) is 1. The number of carbonyl (C=O) groups is 3. The van der Waals surface area contributed by atoms with Crippen LogP contribution in [0.5, 0.6) is 0 Å². The van der Waals surface area contributed by atoms with Gasteiger partial charge in [-0.3, -0.25) is 14.4 Å². The fourth-order valence-electron chi connectivity index (χ4n) is 2.44. The minimum Gasteiger partial charge on any atom is -0.449 e. The molecule has 0 saturated heterocycles. The second kappa shape index (κ2) is 7.75. The Labute approximate surface area is 158 Å². The molecule has 0 unspecified atom stereocenters. The van der Waals surface area contributed by atoms with Crippen molar-refractivity contribution in [1.29, 1.82) is 0 Å². The van der Waals surface area contributed by atoms with Crippen molar-refractivity contribution in [2.45, 2.75) is 13.0 Å².